The number of rotatable bonds is 6. The fraction of sp³-hybridized carbons (Fsp3) is 0.394. The van der Waals surface area contributed by atoms with Crippen molar-refractivity contribution in [3.05, 3.63) is 82.4 Å². The molecule has 0 spiro atoms. The summed E-state index contributed by atoms with van der Waals surface area (Å²) in [5.41, 5.74) is 5.17. The molecule has 11 heteroatoms. The fourth-order valence-corrected chi connectivity index (χ4v) is 6.69. The molecular weight excluding hydrogens is 585 g/mol. The first kappa shape index (κ1) is 31.5. The highest BCUT2D eigenvalue weighted by atomic mass is 32.3. The van der Waals surface area contributed by atoms with Crippen LogP contribution in [-0.2, 0) is 26.2 Å². The molecule has 0 aromatic heterocycles. The molecule has 9 nitrogen and oxygen atoms in total. The first-order valence-corrected chi connectivity index (χ1v) is 16.0. The summed E-state index contributed by atoms with van der Waals surface area (Å²) in [7, 11) is -5.08. The van der Waals surface area contributed by atoms with Gasteiger partial charge in [0.05, 0.1) is 5.69 Å². The van der Waals surface area contributed by atoms with Crippen molar-refractivity contribution in [3.63, 3.8) is 0 Å². The average molecular weight is 624 g/mol. The zero-order valence-electron chi connectivity index (χ0n) is 25.6. The van der Waals surface area contributed by atoms with Crippen molar-refractivity contribution in [2.45, 2.75) is 57.6 Å². The minimum Gasteiger partial charge on any atom is -0.448 e. The smallest absolute Gasteiger partial charge is 0.411 e. The van der Waals surface area contributed by atoms with Gasteiger partial charge < -0.3 is 14.4 Å². The number of carbonyl (C=O) groups excluding carboxylic acids is 2. The Balaban J connectivity index is 1.31. The quantitative estimate of drug-likeness (QED) is 0.318. The van der Waals surface area contributed by atoms with Gasteiger partial charge in [-0.3, -0.25) is 10.2 Å². The Hall–Kier alpha value is -3.96. The minimum absolute atomic E-state index is 0.0772. The third-order valence-electron chi connectivity index (χ3n) is 8.16. The lowest BCUT2D eigenvalue weighted by molar-refractivity contribution is 0.0138. The molecule has 3 aromatic carbocycles. The van der Waals surface area contributed by atoms with E-state index in [2.05, 4.69) is 5.32 Å². The number of anilines is 1. The third-order valence-corrected chi connectivity index (χ3v) is 9.11. The number of hydrogen-bond donors (Lipinski definition) is 1. The molecule has 5 rings (SSSR count). The molecule has 1 heterocycles. The van der Waals surface area contributed by atoms with E-state index in [1.54, 1.807) is 11.8 Å². The largest absolute Gasteiger partial charge is 0.448 e. The van der Waals surface area contributed by atoms with Crippen molar-refractivity contribution in [2.24, 2.45) is 0 Å². The molecule has 1 aliphatic heterocycles. The van der Waals surface area contributed by atoms with Gasteiger partial charge in [0.25, 0.3) is 0 Å². The van der Waals surface area contributed by atoms with Crippen molar-refractivity contribution in [3.8, 4) is 11.1 Å². The molecule has 0 atom stereocenters. The lowest BCUT2D eigenvalue weighted by Crippen LogP contribution is -2.49. The van der Waals surface area contributed by atoms with Crippen LogP contribution in [0.3, 0.4) is 0 Å². The van der Waals surface area contributed by atoms with Crippen molar-refractivity contribution in [2.75, 3.05) is 38.1 Å². The Bertz CT molecular complexity index is 1650. The first-order valence-electron chi connectivity index (χ1n) is 14.6. The first-order chi connectivity index (χ1) is 20.7. The van der Waals surface area contributed by atoms with Crippen LogP contribution in [0.2, 0.25) is 0 Å². The number of nitrogens with zero attached hydrogens (tertiary/aromatic N) is 2. The van der Waals surface area contributed by atoms with Crippen LogP contribution in [0.5, 0.6) is 0 Å². The van der Waals surface area contributed by atoms with E-state index in [1.165, 1.54) is 13.0 Å². The van der Waals surface area contributed by atoms with Gasteiger partial charge in [0.2, 0.25) is 0 Å². The summed E-state index contributed by atoms with van der Waals surface area (Å²) >= 11 is 0. The lowest BCUT2D eigenvalue weighted by atomic mass is 9.98. The highest BCUT2D eigenvalue weighted by molar-refractivity contribution is 7.86. The second-order valence-corrected chi connectivity index (χ2v) is 13.6. The predicted octanol–water partition coefficient (Wildman–Crippen LogP) is 6.38. The normalized spacial score (nSPS) is 15.5. The summed E-state index contributed by atoms with van der Waals surface area (Å²) in [5.74, 6) is -0.150. The second kappa shape index (κ2) is 12.2. The van der Waals surface area contributed by atoms with E-state index < -0.39 is 26.8 Å². The SMILES string of the molecule is Cc1c(CN2CCN(C(=O)OC(C)(C)C)CC2)cc(S(=O)(=O)F)c(C)c1NC(=O)OCC1c2ccccc2-c2ccccc21. The number of nitrogens with one attached hydrogen (secondary N) is 1. The standard InChI is InChI=1S/C33H38FN3O6S/c1-21-23(19-36-14-16-37(17-15-36)32(39)43-33(3,4)5)18-29(44(34,40)41)22(2)30(21)35-31(38)42-20-28-26-12-8-6-10-24(26)25-11-7-9-13-27(25)28/h6-13,18,28H,14-17,19-20H2,1-5H3,(H,35,38). The van der Waals surface area contributed by atoms with E-state index in [-0.39, 0.29) is 29.9 Å². The van der Waals surface area contributed by atoms with Gasteiger partial charge >= 0.3 is 22.4 Å². The summed E-state index contributed by atoms with van der Waals surface area (Å²) in [5, 5.41) is 2.70. The van der Waals surface area contributed by atoms with Gasteiger partial charge in [0, 0.05) is 38.6 Å². The Morgan fingerprint density at radius 1 is 0.932 bits per heavy atom. The number of benzene rings is 3. The summed E-state index contributed by atoms with van der Waals surface area (Å²) in [6.07, 6.45) is -1.15. The zero-order valence-corrected chi connectivity index (χ0v) is 26.5. The summed E-state index contributed by atoms with van der Waals surface area (Å²) in [6, 6.07) is 17.3. The fourth-order valence-electron chi connectivity index (χ4n) is 5.94. The zero-order chi connectivity index (χ0) is 31.8. The maximum atomic E-state index is 14.5. The van der Waals surface area contributed by atoms with Crippen LogP contribution in [0.25, 0.3) is 11.1 Å². The second-order valence-electron chi connectivity index (χ2n) is 12.3. The Morgan fingerprint density at radius 2 is 1.50 bits per heavy atom. The van der Waals surface area contributed by atoms with Crippen LogP contribution in [-0.4, -0.2) is 68.8 Å². The topological polar surface area (TPSA) is 105 Å². The van der Waals surface area contributed by atoms with Crippen LogP contribution < -0.4 is 5.32 Å². The highest BCUT2D eigenvalue weighted by Crippen LogP contribution is 2.44. The van der Waals surface area contributed by atoms with Crippen LogP contribution in [0.1, 0.15) is 54.5 Å². The molecule has 2 aliphatic rings. The summed E-state index contributed by atoms with van der Waals surface area (Å²) < 4.78 is 49.9. The number of piperazine rings is 1. The van der Waals surface area contributed by atoms with Crippen LogP contribution in [0.4, 0.5) is 19.2 Å². The molecule has 234 valence electrons. The number of hydrogen-bond acceptors (Lipinski definition) is 7. The molecule has 2 amide bonds. The van der Waals surface area contributed by atoms with Gasteiger partial charge in [0.15, 0.2) is 0 Å². The van der Waals surface area contributed by atoms with Gasteiger partial charge in [0.1, 0.15) is 17.1 Å². The maximum Gasteiger partial charge on any atom is 0.411 e. The van der Waals surface area contributed by atoms with Crippen molar-refractivity contribution in [1.82, 2.24) is 9.80 Å². The van der Waals surface area contributed by atoms with Crippen molar-refractivity contribution in [1.29, 1.82) is 0 Å². The molecule has 1 saturated heterocycles. The molecular formula is C33H38FN3O6S. The number of ether oxygens (including phenoxy) is 2. The average Bonchev–Trinajstić information content (AvgIpc) is 3.28. The molecule has 0 unspecified atom stereocenters. The van der Waals surface area contributed by atoms with Gasteiger partial charge in [-0.25, -0.2) is 9.59 Å². The molecule has 0 radical (unpaired) electrons. The van der Waals surface area contributed by atoms with Crippen molar-refractivity contribution >= 4 is 28.1 Å². The minimum atomic E-state index is -5.08. The van der Waals surface area contributed by atoms with E-state index in [4.69, 9.17) is 9.47 Å². The third kappa shape index (κ3) is 6.73. The number of amides is 2. The van der Waals surface area contributed by atoms with Gasteiger partial charge in [-0.05, 0) is 79.6 Å². The Labute approximate surface area is 258 Å². The highest BCUT2D eigenvalue weighted by Gasteiger charge is 2.30. The number of halogens is 1. The molecule has 0 bridgehead atoms. The number of carbonyl (C=O) groups is 2. The van der Waals surface area contributed by atoms with Crippen LogP contribution in [0, 0.1) is 13.8 Å². The lowest BCUT2D eigenvalue weighted by Gasteiger charge is -2.36. The predicted molar refractivity (Wildman–Crippen MR) is 166 cm³/mol. The van der Waals surface area contributed by atoms with Gasteiger partial charge in [-0.1, -0.05) is 48.5 Å². The molecule has 0 saturated carbocycles. The summed E-state index contributed by atoms with van der Waals surface area (Å²) in [4.78, 5) is 28.8. The maximum absolute atomic E-state index is 14.5. The van der Waals surface area contributed by atoms with Crippen molar-refractivity contribution < 1.29 is 31.4 Å². The Morgan fingerprint density at radius 3 is 2.05 bits per heavy atom. The number of fused-ring (bicyclic) bond motifs is 3. The van der Waals surface area contributed by atoms with Crippen LogP contribution in [0.15, 0.2) is 59.5 Å². The van der Waals surface area contributed by atoms with Gasteiger partial charge in [-0.2, -0.15) is 8.42 Å². The van der Waals surface area contributed by atoms with Gasteiger partial charge in [-0.15, -0.1) is 3.89 Å². The van der Waals surface area contributed by atoms with E-state index in [0.717, 1.165) is 22.3 Å². The molecule has 1 N–H and O–H groups in total. The molecule has 3 aromatic rings. The molecule has 1 aliphatic carbocycles. The molecule has 1 fully saturated rings. The monoisotopic (exact) mass is 623 g/mol. The van der Waals surface area contributed by atoms with E-state index in [0.29, 0.717) is 43.9 Å². The Kier molecular flexibility index (Phi) is 8.73. The summed E-state index contributed by atoms with van der Waals surface area (Å²) in [6.45, 7) is 10.9. The van der Waals surface area contributed by atoms with Crippen LogP contribution >= 0.6 is 0 Å². The van der Waals surface area contributed by atoms with E-state index in [9.17, 15) is 21.9 Å². The van der Waals surface area contributed by atoms with E-state index in [1.807, 2.05) is 74.2 Å². The van der Waals surface area contributed by atoms with E-state index >= 15 is 0 Å². The molecule has 44 heavy (non-hydrogen) atoms.